The van der Waals surface area contributed by atoms with E-state index in [1.807, 2.05) is 0 Å². The number of nitrogens with one attached hydrogen (secondary N) is 1. The van der Waals surface area contributed by atoms with Gasteiger partial charge in [-0.25, -0.2) is 13.8 Å². The van der Waals surface area contributed by atoms with Gasteiger partial charge in [-0.1, -0.05) is 0 Å². The molecule has 18 heavy (non-hydrogen) atoms. The molecule has 4 nitrogen and oxygen atoms in total. The number of halogens is 2. The second-order valence-electron chi connectivity index (χ2n) is 3.47. The van der Waals surface area contributed by atoms with Gasteiger partial charge in [0.1, 0.15) is 23.1 Å². The molecule has 0 spiro atoms. The average Bonchev–Trinajstić information content (AvgIpc) is 2.34. The van der Waals surface area contributed by atoms with Crippen molar-refractivity contribution in [1.82, 2.24) is 4.98 Å². The van der Waals surface area contributed by atoms with Crippen molar-refractivity contribution in [3.8, 4) is 11.5 Å². The summed E-state index contributed by atoms with van der Waals surface area (Å²) in [6.07, 6.45) is 1.28. The van der Waals surface area contributed by atoms with Gasteiger partial charge in [0.25, 0.3) is 0 Å². The van der Waals surface area contributed by atoms with Gasteiger partial charge in [-0.3, -0.25) is 5.41 Å². The summed E-state index contributed by atoms with van der Waals surface area (Å²) in [6.45, 7) is 0. The summed E-state index contributed by atoms with van der Waals surface area (Å²) in [7, 11) is 0. The molecule has 0 atom stereocenters. The molecule has 0 saturated carbocycles. The van der Waals surface area contributed by atoms with Crippen molar-refractivity contribution in [2.24, 2.45) is 5.73 Å². The number of hydrogen-bond donors (Lipinski definition) is 2. The lowest BCUT2D eigenvalue weighted by atomic mass is 10.3. The molecule has 2 rings (SSSR count). The fourth-order valence-electron chi connectivity index (χ4n) is 1.28. The Balaban J connectivity index is 2.23. The Bertz CT molecular complexity index is 584. The van der Waals surface area contributed by atoms with Gasteiger partial charge in [-0.05, 0) is 24.3 Å². The quantitative estimate of drug-likeness (QED) is 0.648. The zero-order valence-electron chi connectivity index (χ0n) is 9.15. The van der Waals surface area contributed by atoms with Crippen LogP contribution in [0.4, 0.5) is 8.78 Å². The summed E-state index contributed by atoms with van der Waals surface area (Å²) >= 11 is 0. The number of aromatic nitrogens is 1. The molecule has 0 fully saturated rings. The highest BCUT2D eigenvalue weighted by molar-refractivity contribution is 5.92. The molecule has 0 radical (unpaired) electrons. The lowest BCUT2D eigenvalue weighted by Crippen LogP contribution is -2.12. The van der Waals surface area contributed by atoms with E-state index in [0.717, 1.165) is 18.2 Å². The number of nitrogens with zero attached hydrogens (tertiary/aromatic N) is 1. The molecular weight excluding hydrogens is 240 g/mol. The number of amidine groups is 1. The van der Waals surface area contributed by atoms with E-state index in [4.69, 9.17) is 15.9 Å². The van der Waals surface area contributed by atoms with E-state index in [0.29, 0.717) is 0 Å². The van der Waals surface area contributed by atoms with Crippen LogP contribution in [-0.2, 0) is 0 Å². The highest BCUT2D eigenvalue weighted by Crippen LogP contribution is 2.24. The third-order valence-corrected chi connectivity index (χ3v) is 2.13. The highest BCUT2D eigenvalue weighted by Gasteiger charge is 2.07. The maximum absolute atomic E-state index is 13.3. The Labute approximate surface area is 102 Å². The molecule has 0 amide bonds. The zero-order valence-corrected chi connectivity index (χ0v) is 9.15. The van der Waals surface area contributed by atoms with E-state index < -0.39 is 11.6 Å². The predicted molar refractivity (Wildman–Crippen MR) is 61.7 cm³/mol. The molecule has 0 aliphatic carbocycles. The van der Waals surface area contributed by atoms with E-state index in [9.17, 15) is 8.78 Å². The predicted octanol–water partition coefficient (Wildman–Crippen LogP) is 2.44. The first-order valence-corrected chi connectivity index (χ1v) is 4.99. The van der Waals surface area contributed by atoms with Crippen LogP contribution < -0.4 is 10.5 Å². The minimum Gasteiger partial charge on any atom is -0.453 e. The molecule has 3 N–H and O–H groups in total. The average molecular weight is 249 g/mol. The summed E-state index contributed by atoms with van der Waals surface area (Å²) in [5.41, 5.74) is 5.51. The summed E-state index contributed by atoms with van der Waals surface area (Å²) in [5, 5.41) is 7.15. The molecule has 1 heterocycles. The summed E-state index contributed by atoms with van der Waals surface area (Å²) in [6, 6.07) is 5.83. The molecule has 1 aromatic heterocycles. The monoisotopic (exact) mass is 249 g/mol. The molecule has 0 unspecified atom stereocenters. The standard InChI is InChI=1S/C12H9F2N3O/c13-7-1-3-9(14)11(5-7)18-8-2-4-10(12(15)16)17-6-8/h1-6H,(H3,15,16). The van der Waals surface area contributed by atoms with E-state index >= 15 is 0 Å². The summed E-state index contributed by atoms with van der Waals surface area (Å²) < 4.78 is 31.3. The fraction of sp³-hybridized carbons (Fsp3) is 0. The molecule has 0 aliphatic rings. The summed E-state index contributed by atoms with van der Waals surface area (Å²) in [4.78, 5) is 3.84. The van der Waals surface area contributed by atoms with Crippen molar-refractivity contribution in [1.29, 1.82) is 5.41 Å². The lowest BCUT2D eigenvalue weighted by molar-refractivity contribution is 0.435. The fourth-order valence-corrected chi connectivity index (χ4v) is 1.28. The van der Waals surface area contributed by atoms with E-state index in [1.165, 1.54) is 18.3 Å². The topological polar surface area (TPSA) is 72.0 Å². The SMILES string of the molecule is N=C(N)c1ccc(Oc2cc(F)ccc2F)cn1. The third kappa shape index (κ3) is 2.60. The number of hydrogen-bond acceptors (Lipinski definition) is 3. The number of pyridine rings is 1. The Morgan fingerprint density at radius 3 is 2.61 bits per heavy atom. The normalized spacial score (nSPS) is 10.1. The molecular formula is C12H9F2N3O. The van der Waals surface area contributed by atoms with Crippen LogP contribution in [-0.4, -0.2) is 10.8 Å². The van der Waals surface area contributed by atoms with Gasteiger partial charge in [0.05, 0.1) is 6.20 Å². The lowest BCUT2D eigenvalue weighted by Gasteiger charge is -2.06. The Morgan fingerprint density at radius 1 is 1.22 bits per heavy atom. The van der Waals surface area contributed by atoms with Gasteiger partial charge in [-0.2, -0.15) is 0 Å². The highest BCUT2D eigenvalue weighted by atomic mass is 19.1. The van der Waals surface area contributed by atoms with Crippen LogP contribution in [0.2, 0.25) is 0 Å². The van der Waals surface area contributed by atoms with Crippen LogP contribution in [0, 0.1) is 17.0 Å². The molecule has 92 valence electrons. The van der Waals surface area contributed by atoms with Crippen LogP contribution in [0.1, 0.15) is 5.69 Å². The molecule has 1 aromatic carbocycles. The number of benzene rings is 1. The maximum atomic E-state index is 13.3. The number of nitrogens with two attached hydrogens (primary N) is 1. The molecule has 0 bridgehead atoms. The van der Waals surface area contributed by atoms with Crippen LogP contribution >= 0.6 is 0 Å². The van der Waals surface area contributed by atoms with Gasteiger partial charge in [-0.15, -0.1) is 0 Å². The first-order chi connectivity index (χ1) is 8.56. The van der Waals surface area contributed by atoms with Crippen molar-refractivity contribution in [3.63, 3.8) is 0 Å². The zero-order chi connectivity index (χ0) is 13.1. The minimum absolute atomic E-state index is 0.182. The summed E-state index contributed by atoms with van der Waals surface area (Å²) in [5.74, 6) is -1.46. The van der Waals surface area contributed by atoms with Gasteiger partial charge in [0.15, 0.2) is 11.6 Å². The van der Waals surface area contributed by atoms with Crippen molar-refractivity contribution >= 4 is 5.84 Å². The number of rotatable bonds is 3. The first kappa shape index (κ1) is 12.0. The van der Waals surface area contributed by atoms with Crippen LogP contribution in [0.25, 0.3) is 0 Å². The van der Waals surface area contributed by atoms with Gasteiger partial charge < -0.3 is 10.5 Å². The molecule has 2 aromatic rings. The van der Waals surface area contributed by atoms with Crippen LogP contribution in [0.3, 0.4) is 0 Å². The number of nitrogen functional groups attached to an aromatic ring is 1. The minimum atomic E-state index is -0.674. The van der Waals surface area contributed by atoms with Gasteiger partial charge in [0.2, 0.25) is 0 Å². The van der Waals surface area contributed by atoms with Crippen molar-refractivity contribution in [3.05, 3.63) is 53.9 Å². The van der Waals surface area contributed by atoms with Crippen molar-refractivity contribution < 1.29 is 13.5 Å². The van der Waals surface area contributed by atoms with Crippen molar-refractivity contribution in [2.45, 2.75) is 0 Å². The van der Waals surface area contributed by atoms with Gasteiger partial charge in [0, 0.05) is 6.07 Å². The third-order valence-electron chi connectivity index (χ3n) is 2.13. The van der Waals surface area contributed by atoms with Gasteiger partial charge >= 0.3 is 0 Å². The molecule has 0 aliphatic heterocycles. The Kier molecular flexibility index (Phi) is 3.18. The number of ether oxygens (including phenoxy) is 1. The Morgan fingerprint density at radius 2 is 2.00 bits per heavy atom. The maximum Gasteiger partial charge on any atom is 0.166 e. The molecule has 0 saturated heterocycles. The second kappa shape index (κ2) is 4.79. The smallest absolute Gasteiger partial charge is 0.166 e. The molecule has 6 heteroatoms. The van der Waals surface area contributed by atoms with E-state index in [-0.39, 0.29) is 23.0 Å². The Hall–Kier alpha value is -2.50. The van der Waals surface area contributed by atoms with E-state index in [2.05, 4.69) is 4.98 Å². The largest absolute Gasteiger partial charge is 0.453 e. The first-order valence-electron chi connectivity index (χ1n) is 4.99. The second-order valence-corrected chi connectivity index (χ2v) is 3.47. The van der Waals surface area contributed by atoms with E-state index in [1.54, 1.807) is 0 Å². The van der Waals surface area contributed by atoms with Crippen LogP contribution in [0.15, 0.2) is 36.5 Å². The van der Waals surface area contributed by atoms with Crippen LogP contribution in [0.5, 0.6) is 11.5 Å². The van der Waals surface area contributed by atoms with Crippen molar-refractivity contribution in [2.75, 3.05) is 0 Å².